The summed E-state index contributed by atoms with van der Waals surface area (Å²) >= 11 is 0. The van der Waals surface area contributed by atoms with E-state index >= 15 is 0 Å². The van der Waals surface area contributed by atoms with Crippen LogP contribution in [-0.4, -0.2) is 25.6 Å². The number of aromatic nitrogens is 2. The number of carboxylic acids is 1. The van der Waals surface area contributed by atoms with E-state index in [9.17, 15) is 14.9 Å². The smallest absolute Gasteiger partial charge is 0.335 e. The number of nitro benzene ring substituents is 1. The molecule has 0 saturated carbocycles. The Kier molecular flexibility index (Phi) is 3.04. The van der Waals surface area contributed by atoms with Crippen molar-refractivity contribution in [2.75, 3.05) is 0 Å². The van der Waals surface area contributed by atoms with Crippen molar-refractivity contribution in [2.45, 2.75) is 13.8 Å². The number of aryl methyl sites for hydroxylation is 1. The largest absolute Gasteiger partial charge is 0.478 e. The van der Waals surface area contributed by atoms with Crippen molar-refractivity contribution >= 4 is 11.7 Å². The van der Waals surface area contributed by atoms with E-state index in [1.807, 2.05) is 0 Å². The summed E-state index contributed by atoms with van der Waals surface area (Å²) < 4.78 is 1.51. The van der Waals surface area contributed by atoms with Gasteiger partial charge in [-0.25, -0.2) is 9.78 Å². The number of nitro groups is 1. The Morgan fingerprint density at radius 1 is 1.42 bits per heavy atom. The van der Waals surface area contributed by atoms with Crippen LogP contribution in [0.25, 0.3) is 5.69 Å². The summed E-state index contributed by atoms with van der Waals surface area (Å²) in [5, 5.41) is 20.0. The van der Waals surface area contributed by atoms with Crippen molar-refractivity contribution in [1.29, 1.82) is 0 Å². The second-order valence-corrected chi connectivity index (χ2v) is 4.05. The van der Waals surface area contributed by atoms with Crippen molar-refractivity contribution in [3.05, 3.63) is 51.6 Å². The Balaban J connectivity index is 2.71. The lowest BCUT2D eigenvalue weighted by Crippen LogP contribution is -2.04. The molecule has 7 heteroatoms. The molecule has 0 atom stereocenters. The molecule has 2 aromatic rings. The van der Waals surface area contributed by atoms with Crippen LogP contribution < -0.4 is 0 Å². The molecule has 0 radical (unpaired) electrons. The van der Waals surface area contributed by atoms with Gasteiger partial charge in [0.15, 0.2) is 0 Å². The van der Waals surface area contributed by atoms with Gasteiger partial charge in [0, 0.05) is 11.8 Å². The maximum absolute atomic E-state index is 11.0. The average molecular weight is 261 g/mol. The van der Waals surface area contributed by atoms with E-state index in [0.717, 1.165) is 11.4 Å². The van der Waals surface area contributed by atoms with Gasteiger partial charge in [0.2, 0.25) is 0 Å². The standard InChI is InChI=1S/C12H11N3O4/c1-7-8(2)14(6-13-7)11-5-9(12(16)17)3-4-10(11)15(18)19/h3-6H,1-2H3,(H,16,17). The third-order valence-electron chi connectivity index (χ3n) is 2.93. The lowest BCUT2D eigenvalue weighted by molar-refractivity contribution is -0.384. The zero-order valence-electron chi connectivity index (χ0n) is 10.3. The Bertz CT molecular complexity index is 676. The highest BCUT2D eigenvalue weighted by molar-refractivity contribution is 5.89. The van der Waals surface area contributed by atoms with Crippen LogP contribution >= 0.6 is 0 Å². The van der Waals surface area contributed by atoms with Gasteiger partial charge in [-0.1, -0.05) is 0 Å². The van der Waals surface area contributed by atoms with Crippen LogP contribution in [0.3, 0.4) is 0 Å². The molecule has 1 aromatic heterocycles. The molecule has 2 rings (SSSR count). The van der Waals surface area contributed by atoms with Crippen molar-refractivity contribution < 1.29 is 14.8 Å². The molecule has 1 heterocycles. The predicted octanol–water partition coefficient (Wildman–Crippen LogP) is 2.10. The molecule has 19 heavy (non-hydrogen) atoms. The van der Waals surface area contributed by atoms with Gasteiger partial charge in [-0.3, -0.25) is 14.7 Å². The summed E-state index contributed by atoms with van der Waals surface area (Å²) in [4.78, 5) is 25.5. The molecular formula is C12H11N3O4. The number of imidazole rings is 1. The first-order valence-corrected chi connectivity index (χ1v) is 5.44. The number of benzene rings is 1. The minimum Gasteiger partial charge on any atom is -0.478 e. The molecule has 0 amide bonds. The first-order chi connectivity index (χ1) is 8.91. The van der Waals surface area contributed by atoms with E-state index in [0.29, 0.717) is 0 Å². The number of carbonyl (C=O) groups is 1. The van der Waals surface area contributed by atoms with Crippen molar-refractivity contribution in [3.8, 4) is 5.69 Å². The third-order valence-corrected chi connectivity index (χ3v) is 2.93. The van der Waals surface area contributed by atoms with E-state index in [-0.39, 0.29) is 16.9 Å². The van der Waals surface area contributed by atoms with Crippen LogP contribution in [0.5, 0.6) is 0 Å². The molecule has 1 N–H and O–H groups in total. The molecule has 0 fully saturated rings. The van der Waals surface area contributed by atoms with Gasteiger partial charge in [-0.05, 0) is 26.0 Å². The molecule has 0 unspecified atom stereocenters. The fourth-order valence-corrected chi connectivity index (χ4v) is 1.75. The summed E-state index contributed by atoms with van der Waals surface area (Å²) in [7, 11) is 0. The van der Waals surface area contributed by atoms with Crippen LogP contribution in [0, 0.1) is 24.0 Å². The van der Waals surface area contributed by atoms with Crippen LogP contribution in [-0.2, 0) is 0 Å². The lowest BCUT2D eigenvalue weighted by Gasteiger charge is -2.07. The molecule has 0 bridgehead atoms. The highest BCUT2D eigenvalue weighted by atomic mass is 16.6. The summed E-state index contributed by atoms with van der Waals surface area (Å²) in [6.45, 7) is 3.54. The topological polar surface area (TPSA) is 98.3 Å². The molecule has 1 aromatic carbocycles. The summed E-state index contributed by atoms with van der Waals surface area (Å²) in [5.74, 6) is -1.13. The Hall–Kier alpha value is -2.70. The van der Waals surface area contributed by atoms with Gasteiger partial charge < -0.3 is 5.11 Å². The highest BCUT2D eigenvalue weighted by Crippen LogP contribution is 2.26. The Morgan fingerprint density at radius 2 is 2.11 bits per heavy atom. The molecule has 98 valence electrons. The third kappa shape index (κ3) is 2.17. The van der Waals surface area contributed by atoms with Gasteiger partial charge in [0.25, 0.3) is 5.69 Å². The minimum absolute atomic E-state index is 0.00801. The zero-order chi connectivity index (χ0) is 14.2. The maximum atomic E-state index is 11.0. The fourth-order valence-electron chi connectivity index (χ4n) is 1.75. The van der Waals surface area contributed by atoms with Crippen LogP contribution in [0.15, 0.2) is 24.5 Å². The maximum Gasteiger partial charge on any atom is 0.335 e. The number of carboxylic acid groups (broad SMARTS) is 1. The molecule has 0 aliphatic heterocycles. The highest BCUT2D eigenvalue weighted by Gasteiger charge is 2.19. The van der Waals surface area contributed by atoms with E-state index in [1.54, 1.807) is 13.8 Å². The van der Waals surface area contributed by atoms with Gasteiger partial charge >= 0.3 is 5.97 Å². The summed E-state index contributed by atoms with van der Waals surface area (Å²) in [5.41, 5.74) is 1.49. The Morgan fingerprint density at radius 3 is 2.58 bits per heavy atom. The Labute approximate surface area is 108 Å². The van der Waals surface area contributed by atoms with Gasteiger partial charge in [-0.15, -0.1) is 0 Å². The molecule has 0 aliphatic rings. The van der Waals surface area contributed by atoms with Crippen molar-refractivity contribution in [1.82, 2.24) is 9.55 Å². The zero-order valence-corrected chi connectivity index (χ0v) is 10.3. The van der Waals surface area contributed by atoms with Gasteiger partial charge in [-0.2, -0.15) is 0 Å². The number of hydrogen-bond acceptors (Lipinski definition) is 4. The SMILES string of the molecule is Cc1ncn(-c2cc(C(=O)O)ccc2[N+](=O)[O-])c1C. The summed E-state index contributed by atoms with van der Waals surface area (Å²) in [6.07, 6.45) is 1.44. The van der Waals surface area contributed by atoms with Crippen molar-refractivity contribution in [2.24, 2.45) is 0 Å². The minimum atomic E-state index is -1.13. The predicted molar refractivity (Wildman–Crippen MR) is 66.7 cm³/mol. The molecule has 0 aliphatic carbocycles. The number of rotatable bonds is 3. The van der Waals surface area contributed by atoms with E-state index in [1.165, 1.54) is 29.1 Å². The van der Waals surface area contributed by atoms with E-state index in [2.05, 4.69) is 4.98 Å². The average Bonchev–Trinajstić information content (AvgIpc) is 2.69. The number of hydrogen-bond donors (Lipinski definition) is 1. The molecule has 7 nitrogen and oxygen atoms in total. The second kappa shape index (κ2) is 4.52. The second-order valence-electron chi connectivity index (χ2n) is 4.05. The fraction of sp³-hybridized carbons (Fsp3) is 0.167. The first-order valence-electron chi connectivity index (χ1n) is 5.44. The normalized spacial score (nSPS) is 10.4. The summed E-state index contributed by atoms with van der Waals surface area (Å²) in [6, 6.07) is 3.67. The molecule has 0 saturated heterocycles. The quantitative estimate of drug-likeness (QED) is 0.673. The molecule has 0 spiro atoms. The van der Waals surface area contributed by atoms with E-state index in [4.69, 9.17) is 5.11 Å². The van der Waals surface area contributed by atoms with Gasteiger partial charge in [0.05, 0.1) is 22.5 Å². The van der Waals surface area contributed by atoms with E-state index < -0.39 is 10.9 Å². The van der Waals surface area contributed by atoms with Crippen molar-refractivity contribution in [3.63, 3.8) is 0 Å². The number of aromatic carboxylic acids is 1. The van der Waals surface area contributed by atoms with Crippen LogP contribution in [0.1, 0.15) is 21.7 Å². The molecular weight excluding hydrogens is 250 g/mol. The first kappa shape index (κ1) is 12.7. The number of nitrogens with zero attached hydrogens (tertiary/aromatic N) is 3. The lowest BCUT2D eigenvalue weighted by atomic mass is 10.1. The van der Waals surface area contributed by atoms with Crippen LogP contribution in [0.4, 0.5) is 5.69 Å². The van der Waals surface area contributed by atoms with Crippen LogP contribution in [0.2, 0.25) is 0 Å². The monoisotopic (exact) mass is 261 g/mol. The van der Waals surface area contributed by atoms with Gasteiger partial charge in [0.1, 0.15) is 5.69 Å².